The number of piperidine rings is 1. The predicted molar refractivity (Wildman–Crippen MR) is 110 cm³/mol. The number of hydrogen-bond donors (Lipinski definition) is 1. The highest BCUT2D eigenvalue weighted by atomic mass is 32.2. The Labute approximate surface area is 166 Å². The Morgan fingerprint density at radius 3 is 2.57 bits per heavy atom. The maximum atomic E-state index is 12.9. The average Bonchev–Trinajstić information content (AvgIpc) is 2.74. The van der Waals surface area contributed by atoms with Gasteiger partial charge in [-0.15, -0.1) is 0 Å². The fourth-order valence-electron chi connectivity index (χ4n) is 4.24. The van der Waals surface area contributed by atoms with Crippen LogP contribution < -0.4 is 5.32 Å². The van der Waals surface area contributed by atoms with E-state index in [1.165, 1.54) is 5.56 Å². The Morgan fingerprint density at radius 1 is 0.964 bits per heavy atom. The quantitative estimate of drug-likeness (QED) is 0.849. The van der Waals surface area contributed by atoms with Gasteiger partial charge >= 0.3 is 0 Å². The van der Waals surface area contributed by atoms with Crippen molar-refractivity contribution in [1.82, 2.24) is 4.31 Å². The van der Waals surface area contributed by atoms with E-state index in [1.807, 2.05) is 18.2 Å². The molecule has 1 atom stereocenters. The van der Waals surface area contributed by atoms with Gasteiger partial charge in [0.15, 0.2) is 0 Å². The van der Waals surface area contributed by atoms with Crippen molar-refractivity contribution in [2.24, 2.45) is 0 Å². The molecule has 28 heavy (non-hydrogen) atoms. The molecule has 1 fully saturated rings. The summed E-state index contributed by atoms with van der Waals surface area (Å²) < 4.78 is 27.4. The van der Waals surface area contributed by atoms with Crippen LogP contribution in [-0.4, -0.2) is 31.7 Å². The summed E-state index contributed by atoms with van der Waals surface area (Å²) in [6.45, 7) is 1.13. The summed E-state index contributed by atoms with van der Waals surface area (Å²) in [5.41, 5.74) is 2.85. The minimum atomic E-state index is -3.51. The molecular formula is C22H26N2O3S. The van der Waals surface area contributed by atoms with E-state index in [9.17, 15) is 13.2 Å². The number of carbonyl (C=O) groups is 1. The van der Waals surface area contributed by atoms with Crippen LogP contribution >= 0.6 is 0 Å². The molecule has 0 unspecified atom stereocenters. The van der Waals surface area contributed by atoms with Gasteiger partial charge in [-0.1, -0.05) is 36.8 Å². The van der Waals surface area contributed by atoms with Gasteiger partial charge < -0.3 is 5.32 Å². The lowest BCUT2D eigenvalue weighted by Gasteiger charge is -2.26. The zero-order valence-corrected chi connectivity index (χ0v) is 16.7. The monoisotopic (exact) mass is 398 g/mol. The van der Waals surface area contributed by atoms with Crippen LogP contribution in [0.3, 0.4) is 0 Å². The number of amides is 1. The fraction of sp³-hybridized carbons (Fsp3) is 0.409. The summed E-state index contributed by atoms with van der Waals surface area (Å²) in [5.74, 6) is -0.257. The van der Waals surface area contributed by atoms with E-state index < -0.39 is 10.0 Å². The molecule has 2 aliphatic rings. The molecule has 0 bridgehead atoms. The molecule has 2 aromatic carbocycles. The van der Waals surface area contributed by atoms with Gasteiger partial charge in [0.25, 0.3) is 0 Å². The average molecular weight is 399 g/mol. The molecule has 148 valence electrons. The van der Waals surface area contributed by atoms with Crippen molar-refractivity contribution in [2.75, 3.05) is 18.4 Å². The number of aryl methyl sites for hydroxylation is 1. The van der Waals surface area contributed by atoms with Gasteiger partial charge in [0.2, 0.25) is 15.9 Å². The first-order valence-corrected chi connectivity index (χ1v) is 11.5. The van der Waals surface area contributed by atoms with Crippen LogP contribution in [0, 0.1) is 0 Å². The van der Waals surface area contributed by atoms with Crippen molar-refractivity contribution in [3.63, 3.8) is 0 Å². The first-order chi connectivity index (χ1) is 13.6. The molecule has 1 N–H and O–H groups in total. The third-order valence-electron chi connectivity index (χ3n) is 5.74. The second-order valence-corrected chi connectivity index (χ2v) is 9.56. The zero-order chi connectivity index (χ0) is 19.6. The number of sulfonamides is 1. The molecular weight excluding hydrogens is 372 g/mol. The zero-order valence-electron chi connectivity index (χ0n) is 15.9. The fourth-order valence-corrected chi connectivity index (χ4v) is 5.81. The van der Waals surface area contributed by atoms with Crippen LogP contribution in [0.4, 0.5) is 5.69 Å². The smallest absolute Gasteiger partial charge is 0.243 e. The molecule has 0 aromatic heterocycles. The van der Waals surface area contributed by atoms with Crippen molar-refractivity contribution in [1.29, 1.82) is 0 Å². The molecule has 1 saturated heterocycles. The predicted octanol–water partition coefficient (Wildman–Crippen LogP) is 3.92. The lowest BCUT2D eigenvalue weighted by atomic mass is 9.82. The molecule has 1 aliphatic heterocycles. The molecule has 5 nitrogen and oxygen atoms in total. The molecule has 1 aliphatic carbocycles. The van der Waals surface area contributed by atoms with Crippen molar-refractivity contribution >= 4 is 21.6 Å². The SMILES string of the molecule is O=C(Nc1cccc(S(=O)(=O)N2CCCCC2)c1)[C@@H]1CCCc2ccccc21. The van der Waals surface area contributed by atoms with Gasteiger partial charge in [-0.05, 0) is 61.4 Å². The largest absolute Gasteiger partial charge is 0.326 e. The Kier molecular flexibility index (Phi) is 5.51. The second-order valence-electron chi connectivity index (χ2n) is 7.63. The van der Waals surface area contributed by atoms with E-state index in [-0.39, 0.29) is 16.7 Å². The number of hydrogen-bond acceptors (Lipinski definition) is 3. The van der Waals surface area contributed by atoms with E-state index in [0.717, 1.165) is 44.1 Å². The first kappa shape index (κ1) is 19.2. The number of anilines is 1. The van der Waals surface area contributed by atoms with Gasteiger partial charge in [-0.25, -0.2) is 8.42 Å². The minimum absolute atomic E-state index is 0.0697. The summed E-state index contributed by atoms with van der Waals surface area (Å²) in [7, 11) is -3.51. The van der Waals surface area contributed by atoms with E-state index in [4.69, 9.17) is 0 Å². The van der Waals surface area contributed by atoms with E-state index in [2.05, 4.69) is 11.4 Å². The van der Waals surface area contributed by atoms with Gasteiger partial charge in [0, 0.05) is 18.8 Å². The van der Waals surface area contributed by atoms with E-state index in [0.29, 0.717) is 18.8 Å². The highest BCUT2D eigenvalue weighted by Crippen LogP contribution is 2.32. The lowest BCUT2D eigenvalue weighted by Crippen LogP contribution is -2.35. The van der Waals surface area contributed by atoms with Crippen molar-refractivity contribution < 1.29 is 13.2 Å². The van der Waals surface area contributed by atoms with Crippen LogP contribution in [0.1, 0.15) is 49.1 Å². The van der Waals surface area contributed by atoms with Crippen LogP contribution in [0.25, 0.3) is 0 Å². The number of rotatable bonds is 4. The molecule has 0 radical (unpaired) electrons. The lowest BCUT2D eigenvalue weighted by molar-refractivity contribution is -0.117. The maximum Gasteiger partial charge on any atom is 0.243 e. The normalized spacial score (nSPS) is 20.4. The third-order valence-corrected chi connectivity index (χ3v) is 7.63. The van der Waals surface area contributed by atoms with Gasteiger partial charge in [0.1, 0.15) is 0 Å². The summed E-state index contributed by atoms with van der Waals surface area (Å²) in [4.78, 5) is 13.2. The standard InChI is InChI=1S/C22H26N2O3S/c25-22(21-13-6-9-17-8-2-3-12-20(17)21)23-18-10-7-11-19(16-18)28(26,27)24-14-4-1-5-15-24/h2-3,7-8,10-12,16,21H,1,4-6,9,13-15H2,(H,23,25)/t21-/m1/s1. The van der Waals surface area contributed by atoms with E-state index in [1.54, 1.807) is 28.6 Å². The summed E-state index contributed by atoms with van der Waals surface area (Å²) in [6, 6.07) is 14.7. The maximum absolute atomic E-state index is 12.9. The molecule has 1 amide bonds. The van der Waals surface area contributed by atoms with Gasteiger partial charge in [0.05, 0.1) is 10.8 Å². The van der Waals surface area contributed by atoms with Crippen LogP contribution in [-0.2, 0) is 21.2 Å². The Bertz CT molecular complexity index is 965. The number of nitrogens with one attached hydrogen (secondary N) is 1. The number of nitrogens with zero attached hydrogens (tertiary/aromatic N) is 1. The molecule has 0 saturated carbocycles. The highest BCUT2D eigenvalue weighted by molar-refractivity contribution is 7.89. The summed E-state index contributed by atoms with van der Waals surface area (Å²) in [5, 5.41) is 2.95. The minimum Gasteiger partial charge on any atom is -0.326 e. The molecule has 4 rings (SSSR count). The Hall–Kier alpha value is -2.18. The molecule has 0 spiro atoms. The Morgan fingerprint density at radius 2 is 1.75 bits per heavy atom. The van der Waals surface area contributed by atoms with Gasteiger partial charge in [-0.2, -0.15) is 4.31 Å². The first-order valence-electron chi connectivity index (χ1n) is 10.0. The van der Waals surface area contributed by atoms with Crippen molar-refractivity contribution in [3.8, 4) is 0 Å². The summed E-state index contributed by atoms with van der Waals surface area (Å²) in [6.07, 6.45) is 5.68. The molecule has 6 heteroatoms. The summed E-state index contributed by atoms with van der Waals surface area (Å²) >= 11 is 0. The van der Waals surface area contributed by atoms with Crippen molar-refractivity contribution in [3.05, 3.63) is 59.7 Å². The second kappa shape index (κ2) is 8.05. The van der Waals surface area contributed by atoms with Crippen LogP contribution in [0.2, 0.25) is 0 Å². The molecule has 2 aromatic rings. The highest BCUT2D eigenvalue weighted by Gasteiger charge is 2.28. The number of fused-ring (bicyclic) bond motifs is 1. The van der Waals surface area contributed by atoms with Crippen molar-refractivity contribution in [2.45, 2.75) is 49.3 Å². The van der Waals surface area contributed by atoms with Gasteiger partial charge in [-0.3, -0.25) is 4.79 Å². The third kappa shape index (κ3) is 3.84. The number of carbonyl (C=O) groups excluding carboxylic acids is 1. The van der Waals surface area contributed by atoms with E-state index >= 15 is 0 Å². The van der Waals surface area contributed by atoms with Crippen LogP contribution in [0.15, 0.2) is 53.4 Å². The van der Waals surface area contributed by atoms with Crippen LogP contribution in [0.5, 0.6) is 0 Å². The topological polar surface area (TPSA) is 66.5 Å². The Balaban J connectivity index is 1.53. The molecule has 1 heterocycles. The number of benzene rings is 2.